The van der Waals surface area contributed by atoms with Gasteiger partial charge in [0.25, 0.3) is 0 Å². The molecular weight excluding hydrogens is 351 g/mol. The summed E-state index contributed by atoms with van der Waals surface area (Å²) < 4.78 is 24.5. The van der Waals surface area contributed by atoms with Gasteiger partial charge < -0.3 is 20.1 Å². The molecule has 0 saturated heterocycles. The van der Waals surface area contributed by atoms with E-state index in [1.165, 1.54) is 17.7 Å². The van der Waals surface area contributed by atoms with Crippen LogP contribution in [-0.2, 0) is 19.5 Å². The van der Waals surface area contributed by atoms with E-state index in [2.05, 4.69) is 23.6 Å². The van der Waals surface area contributed by atoms with Gasteiger partial charge in [0.15, 0.2) is 5.11 Å². The highest BCUT2D eigenvalue weighted by Crippen LogP contribution is 2.35. The van der Waals surface area contributed by atoms with Crippen LogP contribution in [0, 0.1) is 5.82 Å². The molecule has 26 heavy (non-hydrogen) atoms. The van der Waals surface area contributed by atoms with Crippen LogP contribution in [0.2, 0.25) is 0 Å². The van der Waals surface area contributed by atoms with Crippen LogP contribution >= 0.6 is 12.2 Å². The van der Waals surface area contributed by atoms with Gasteiger partial charge in [0, 0.05) is 30.6 Å². The third kappa shape index (κ3) is 4.64. The van der Waals surface area contributed by atoms with Crippen molar-refractivity contribution < 1.29 is 13.9 Å². The van der Waals surface area contributed by atoms with Gasteiger partial charge in [0.2, 0.25) is 0 Å². The normalized spacial score (nSPS) is 15.1. The summed E-state index contributed by atoms with van der Waals surface area (Å²) in [7, 11) is 0. The lowest BCUT2D eigenvalue weighted by Crippen LogP contribution is -2.34. The maximum absolute atomic E-state index is 12.9. The molecule has 0 aromatic heterocycles. The molecule has 3 rings (SSSR count). The van der Waals surface area contributed by atoms with Gasteiger partial charge in [0.1, 0.15) is 23.4 Å². The Balaban J connectivity index is 1.58. The molecule has 0 bridgehead atoms. The third-order valence-electron chi connectivity index (χ3n) is 4.18. The standard InChI is InChI=1S/C20H23FN2O2S/c1-3-24-18-9-15-8-13(2)25-19(15)10-16(18)12-23-20(26)22-11-14-4-6-17(21)7-5-14/h4-7,9-10,13H,3,8,11-12H2,1-2H3,(H2,22,23,26)/t13-/m1/s1. The summed E-state index contributed by atoms with van der Waals surface area (Å²) in [6, 6.07) is 10.4. The van der Waals surface area contributed by atoms with Crippen LogP contribution in [0.3, 0.4) is 0 Å². The number of benzene rings is 2. The fraction of sp³-hybridized carbons (Fsp3) is 0.350. The summed E-state index contributed by atoms with van der Waals surface area (Å²) in [5, 5.41) is 6.85. The fourth-order valence-corrected chi connectivity index (χ4v) is 3.08. The Morgan fingerprint density at radius 2 is 1.96 bits per heavy atom. The molecule has 0 radical (unpaired) electrons. The zero-order chi connectivity index (χ0) is 18.5. The minimum Gasteiger partial charge on any atom is -0.494 e. The Hall–Kier alpha value is -2.34. The minimum atomic E-state index is -0.244. The van der Waals surface area contributed by atoms with E-state index in [9.17, 15) is 4.39 Å². The molecule has 2 N–H and O–H groups in total. The monoisotopic (exact) mass is 374 g/mol. The van der Waals surface area contributed by atoms with Gasteiger partial charge in [-0.25, -0.2) is 4.39 Å². The van der Waals surface area contributed by atoms with Crippen LogP contribution in [0.1, 0.15) is 30.5 Å². The Morgan fingerprint density at radius 3 is 2.69 bits per heavy atom. The highest BCUT2D eigenvalue weighted by atomic mass is 32.1. The Morgan fingerprint density at radius 1 is 1.23 bits per heavy atom. The lowest BCUT2D eigenvalue weighted by molar-refractivity contribution is 0.254. The van der Waals surface area contributed by atoms with Gasteiger partial charge in [-0.2, -0.15) is 0 Å². The van der Waals surface area contributed by atoms with Gasteiger partial charge in [-0.05, 0) is 55.9 Å². The zero-order valence-electron chi connectivity index (χ0n) is 15.0. The number of ether oxygens (including phenoxy) is 2. The SMILES string of the molecule is CCOc1cc2c(cc1CNC(=S)NCc1ccc(F)cc1)O[C@H](C)C2. The van der Waals surface area contributed by atoms with Gasteiger partial charge in [0.05, 0.1) is 6.61 Å². The average molecular weight is 374 g/mol. The highest BCUT2D eigenvalue weighted by Gasteiger charge is 2.21. The molecule has 2 aromatic rings. The van der Waals surface area contributed by atoms with Crippen molar-refractivity contribution in [1.82, 2.24) is 10.6 Å². The van der Waals surface area contributed by atoms with E-state index in [1.807, 2.05) is 13.0 Å². The van der Waals surface area contributed by atoms with Crippen LogP contribution < -0.4 is 20.1 Å². The summed E-state index contributed by atoms with van der Waals surface area (Å²) in [6.45, 7) is 5.71. The van der Waals surface area contributed by atoms with E-state index in [0.29, 0.717) is 24.8 Å². The summed E-state index contributed by atoms with van der Waals surface area (Å²) in [5.74, 6) is 1.53. The van der Waals surface area contributed by atoms with Crippen LogP contribution in [0.25, 0.3) is 0 Å². The number of nitrogens with one attached hydrogen (secondary N) is 2. The molecule has 1 aliphatic heterocycles. The molecule has 0 aliphatic carbocycles. The molecule has 0 saturated carbocycles. The number of rotatable bonds is 6. The van der Waals surface area contributed by atoms with E-state index in [0.717, 1.165) is 29.0 Å². The second-order valence-electron chi connectivity index (χ2n) is 6.30. The van der Waals surface area contributed by atoms with Crippen molar-refractivity contribution in [1.29, 1.82) is 0 Å². The molecule has 6 heteroatoms. The maximum atomic E-state index is 12.9. The van der Waals surface area contributed by atoms with Crippen molar-refractivity contribution in [2.24, 2.45) is 0 Å². The van der Waals surface area contributed by atoms with Crippen molar-refractivity contribution >= 4 is 17.3 Å². The first-order chi connectivity index (χ1) is 12.5. The van der Waals surface area contributed by atoms with Crippen molar-refractivity contribution in [3.63, 3.8) is 0 Å². The second-order valence-corrected chi connectivity index (χ2v) is 6.70. The zero-order valence-corrected chi connectivity index (χ0v) is 15.8. The molecule has 1 heterocycles. The number of hydrogen-bond acceptors (Lipinski definition) is 3. The molecule has 0 spiro atoms. The fourth-order valence-electron chi connectivity index (χ4n) is 2.93. The molecule has 0 amide bonds. The summed E-state index contributed by atoms with van der Waals surface area (Å²) >= 11 is 5.34. The maximum Gasteiger partial charge on any atom is 0.166 e. The first-order valence-electron chi connectivity index (χ1n) is 8.76. The Kier molecular flexibility index (Phi) is 5.93. The Labute approximate surface area is 158 Å². The smallest absolute Gasteiger partial charge is 0.166 e. The lowest BCUT2D eigenvalue weighted by atomic mass is 10.1. The van der Waals surface area contributed by atoms with Crippen LogP contribution in [-0.4, -0.2) is 17.8 Å². The van der Waals surface area contributed by atoms with E-state index in [-0.39, 0.29) is 11.9 Å². The van der Waals surface area contributed by atoms with E-state index in [1.54, 1.807) is 12.1 Å². The molecule has 0 unspecified atom stereocenters. The second kappa shape index (κ2) is 8.36. The van der Waals surface area contributed by atoms with Crippen molar-refractivity contribution in [2.45, 2.75) is 39.5 Å². The van der Waals surface area contributed by atoms with Crippen molar-refractivity contribution in [2.75, 3.05) is 6.61 Å². The minimum absolute atomic E-state index is 0.195. The first-order valence-corrected chi connectivity index (χ1v) is 9.17. The van der Waals surface area contributed by atoms with Gasteiger partial charge in [-0.3, -0.25) is 0 Å². The first kappa shape index (κ1) is 18.5. The number of fused-ring (bicyclic) bond motifs is 1. The van der Waals surface area contributed by atoms with E-state index >= 15 is 0 Å². The van der Waals surface area contributed by atoms with Crippen LogP contribution in [0.4, 0.5) is 4.39 Å². The molecular formula is C20H23FN2O2S. The number of halogens is 1. The molecule has 1 atom stereocenters. The number of thiocarbonyl (C=S) groups is 1. The molecule has 1 aliphatic rings. The molecule has 0 fully saturated rings. The molecule has 4 nitrogen and oxygen atoms in total. The predicted octanol–water partition coefficient (Wildman–Crippen LogP) is 3.71. The predicted molar refractivity (Wildman–Crippen MR) is 104 cm³/mol. The van der Waals surface area contributed by atoms with Crippen molar-refractivity contribution in [3.05, 3.63) is 58.9 Å². The van der Waals surface area contributed by atoms with Gasteiger partial charge in [-0.1, -0.05) is 12.1 Å². The summed E-state index contributed by atoms with van der Waals surface area (Å²) in [5.41, 5.74) is 3.15. The van der Waals surface area contributed by atoms with Gasteiger partial charge >= 0.3 is 0 Å². The largest absolute Gasteiger partial charge is 0.494 e. The third-order valence-corrected chi connectivity index (χ3v) is 4.47. The van der Waals surface area contributed by atoms with E-state index < -0.39 is 0 Å². The van der Waals surface area contributed by atoms with Crippen LogP contribution in [0.5, 0.6) is 11.5 Å². The lowest BCUT2D eigenvalue weighted by Gasteiger charge is -2.15. The van der Waals surface area contributed by atoms with E-state index in [4.69, 9.17) is 21.7 Å². The highest BCUT2D eigenvalue weighted by molar-refractivity contribution is 7.80. The van der Waals surface area contributed by atoms with Crippen molar-refractivity contribution in [3.8, 4) is 11.5 Å². The Bertz CT molecular complexity index is 780. The quantitative estimate of drug-likeness (QED) is 0.755. The molecule has 2 aromatic carbocycles. The summed E-state index contributed by atoms with van der Waals surface area (Å²) in [6.07, 6.45) is 1.10. The topological polar surface area (TPSA) is 42.5 Å². The summed E-state index contributed by atoms with van der Waals surface area (Å²) in [4.78, 5) is 0. The van der Waals surface area contributed by atoms with Gasteiger partial charge in [-0.15, -0.1) is 0 Å². The average Bonchev–Trinajstić information content (AvgIpc) is 2.98. The van der Waals surface area contributed by atoms with Crippen LogP contribution in [0.15, 0.2) is 36.4 Å². The molecule has 138 valence electrons. The number of hydrogen-bond donors (Lipinski definition) is 2.